The molecule has 1 spiro atoms. The van der Waals surface area contributed by atoms with Crippen molar-refractivity contribution in [1.29, 1.82) is 0 Å². The van der Waals surface area contributed by atoms with Crippen molar-refractivity contribution in [3.8, 4) is 0 Å². The Balaban J connectivity index is 1.77. The number of allylic oxidation sites excluding steroid dienone is 1. The quantitative estimate of drug-likeness (QED) is 0.774. The van der Waals surface area contributed by atoms with Gasteiger partial charge in [0.15, 0.2) is 0 Å². The van der Waals surface area contributed by atoms with Gasteiger partial charge in [-0.3, -0.25) is 4.90 Å². The summed E-state index contributed by atoms with van der Waals surface area (Å²) in [5.41, 5.74) is 0.591. The maximum atomic E-state index is 12.2. The first kappa shape index (κ1) is 13.2. The molecule has 2 heterocycles. The number of carbonyl (C=O) groups excluding carboxylic acids is 1. The highest BCUT2D eigenvalue weighted by atomic mass is 16.6. The van der Waals surface area contributed by atoms with Crippen LogP contribution >= 0.6 is 0 Å². The van der Waals surface area contributed by atoms with E-state index >= 15 is 0 Å². The van der Waals surface area contributed by atoms with Crippen LogP contribution in [0.2, 0.25) is 0 Å². The Morgan fingerprint density at radius 3 is 2.85 bits per heavy atom. The Bertz CT molecular complexity index is 533. The van der Waals surface area contributed by atoms with Crippen molar-refractivity contribution in [3.05, 3.63) is 36.5 Å². The van der Waals surface area contributed by atoms with Crippen molar-refractivity contribution in [2.75, 3.05) is 11.4 Å². The molecular formula is C16H20N2O2. The first-order chi connectivity index (χ1) is 9.62. The summed E-state index contributed by atoms with van der Waals surface area (Å²) in [5.74, 6) is 1.25. The summed E-state index contributed by atoms with van der Waals surface area (Å²) >= 11 is 0. The van der Waals surface area contributed by atoms with Crippen LogP contribution in [0.1, 0.15) is 31.4 Å². The zero-order valence-electron chi connectivity index (χ0n) is 11.8. The van der Waals surface area contributed by atoms with Gasteiger partial charge in [-0.15, -0.1) is 6.58 Å². The Morgan fingerprint density at radius 1 is 1.45 bits per heavy atom. The van der Waals surface area contributed by atoms with Crippen LogP contribution < -0.4 is 4.90 Å². The number of hydrogen-bond acceptors (Lipinski definition) is 3. The maximum Gasteiger partial charge on any atom is 0.416 e. The minimum absolute atomic E-state index is 0.264. The molecule has 106 valence electrons. The highest BCUT2D eigenvalue weighted by Crippen LogP contribution is 2.40. The normalized spacial score (nSPS) is 29.6. The van der Waals surface area contributed by atoms with E-state index < -0.39 is 0 Å². The molecule has 2 fully saturated rings. The zero-order valence-corrected chi connectivity index (χ0v) is 11.8. The van der Waals surface area contributed by atoms with Crippen LogP contribution in [0.15, 0.2) is 30.9 Å². The van der Waals surface area contributed by atoms with Gasteiger partial charge in [0.05, 0.1) is 6.54 Å². The fraction of sp³-hybridized carbons (Fsp3) is 0.500. The molecule has 0 N–H and O–H groups in total. The standard InChI is InChI=1S/C16H20N2O2/c1-3-13-7-9-16(10-8-13)11-18(15(19)20-16)14-6-4-5-12(2)17-14/h3-6,13H,1,7-11H2,2H3. The molecule has 4 heteroatoms. The molecule has 0 aromatic carbocycles. The second-order valence-electron chi connectivity index (χ2n) is 5.85. The molecule has 2 aliphatic rings. The van der Waals surface area contributed by atoms with Crippen molar-refractivity contribution in [1.82, 2.24) is 4.98 Å². The maximum absolute atomic E-state index is 12.2. The molecule has 3 rings (SSSR count). The molecule has 1 aromatic rings. The zero-order chi connectivity index (χ0) is 14.2. The summed E-state index contributed by atoms with van der Waals surface area (Å²) < 4.78 is 5.70. The first-order valence-corrected chi connectivity index (χ1v) is 7.19. The third kappa shape index (κ3) is 2.30. The van der Waals surface area contributed by atoms with E-state index in [4.69, 9.17) is 4.74 Å². The molecule has 0 unspecified atom stereocenters. The van der Waals surface area contributed by atoms with Crippen molar-refractivity contribution in [2.24, 2.45) is 5.92 Å². The Kier molecular flexibility index (Phi) is 3.24. The van der Waals surface area contributed by atoms with E-state index in [2.05, 4.69) is 11.6 Å². The number of rotatable bonds is 2. The number of amides is 1. The van der Waals surface area contributed by atoms with E-state index in [1.165, 1.54) is 0 Å². The third-order valence-electron chi connectivity index (χ3n) is 4.40. The highest BCUT2D eigenvalue weighted by Gasteiger charge is 2.47. The number of aryl methyl sites for hydroxylation is 1. The lowest BCUT2D eigenvalue weighted by atomic mass is 9.79. The smallest absolute Gasteiger partial charge is 0.416 e. The van der Waals surface area contributed by atoms with Crippen LogP contribution in [0.4, 0.5) is 10.6 Å². The average molecular weight is 272 g/mol. The fourth-order valence-electron chi connectivity index (χ4n) is 3.14. The number of ether oxygens (including phenoxy) is 1. The third-order valence-corrected chi connectivity index (χ3v) is 4.40. The SMILES string of the molecule is C=CC1CCC2(CC1)CN(c1cccc(C)n1)C(=O)O2. The molecule has 0 radical (unpaired) electrons. The summed E-state index contributed by atoms with van der Waals surface area (Å²) in [4.78, 5) is 18.2. The number of nitrogens with zero attached hydrogens (tertiary/aromatic N) is 2. The second kappa shape index (κ2) is 4.93. The van der Waals surface area contributed by atoms with Crippen LogP contribution in [-0.2, 0) is 4.74 Å². The van der Waals surface area contributed by atoms with Gasteiger partial charge in [-0.25, -0.2) is 9.78 Å². The van der Waals surface area contributed by atoms with Gasteiger partial charge in [-0.05, 0) is 50.7 Å². The first-order valence-electron chi connectivity index (χ1n) is 7.19. The monoisotopic (exact) mass is 272 g/mol. The van der Waals surface area contributed by atoms with Crippen molar-refractivity contribution in [3.63, 3.8) is 0 Å². The van der Waals surface area contributed by atoms with Crippen molar-refractivity contribution >= 4 is 11.9 Å². The lowest BCUT2D eigenvalue weighted by Crippen LogP contribution is -2.38. The number of carbonyl (C=O) groups is 1. The molecular weight excluding hydrogens is 252 g/mol. The Labute approximate surface area is 119 Å². The van der Waals surface area contributed by atoms with Crippen LogP contribution in [0.3, 0.4) is 0 Å². The van der Waals surface area contributed by atoms with Crippen molar-refractivity contribution in [2.45, 2.75) is 38.2 Å². The number of hydrogen-bond donors (Lipinski definition) is 0. The summed E-state index contributed by atoms with van der Waals surface area (Å²) in [7, 11) is 0. The topological polar surface area (TPSA) is 42.4 Å². The van der Waals surface area contributed by atoms with E-state index in [1.54, 1.807) is 4.90 Å². The van der Waals surface area contributed by atoms with Crippen LogP contribution in [0.5, 0.6) is 0 Å². The molecule has 1 aliphatic heterocycles. The predicted molar refractivity (Wildman–Crippen MR) is 77.7 cm³/mol. The molecule has 1 saturated carbocycles. The van der Waals surface area contributed by atoms with E-state index in [-0.39, 0.29) is 11.7 Å². The van der Waals surface area contributed by atoms with E-state index in [0.717, 1.165) is 31.4 Å². The molecule has 4 nitrogen and oxygen atoms in total. The van der Waals surface area contributed by atoms with Gasteiger partial charge in [0, 0.05) is 5.69 Å². The molecule has 1 saturated heterocycles. The van der Waals surface area contributed by atoms with Gasteiger partial charge in [-0.1, -0.05) is 12.1 Å². The molecule has 1 aliphatic carbocycles. The van der Waals surface area contributed by atoms with Crippen LogP contribution in [0, 0.1) is 12.8 Å². The van der Waals surface area contributed by atoms with Gasteiger partial charge in [0.2, 0.25) is 0 Å². The molecule has 0 atom stereocenters. The minimum atomic E-state index is -0.317. The van der Waals surface area contributed by atoms with Crippen molar-refractivity contribution < 1.29 is 9.53 Å². The molecule has 0 bridgehead atoms. The molecule has 1 aromatic heterocycles. The molecule has 20 heavy (non-hydrogen) atoms. The number of anilines is 1. The lowest BCUT2D eigenvalue weighted by molar-refractivity contribution is 0.0184. The largest absolute Gasteiger partial charge is 0.441 e. The van der Waals surface area contributed by atoms with Gasteiger partial charge in [-0.2, -0.15) is 0 Å². The summed E-state index contributed by atoms with van der Waals surface area (Å²) in [6.07, 6.45) is 5.68. The molecule has 1 amide bonds. The number of pyridine rings is 1. The van der Waals surface area contributed by atoms with Gasteiger partial charge >= 0.3 is 6.09 Å². The number of aromatic nitrogens is 1. The van der Waals surface area contributed by atoms with Crippen LogP contribution in [-0.4, -0.2) is 23.2 Å². The summed E-state index contributed by atoms with van der Waals surface area (Å²) in [6, 6.07) is 5.71. The summed E-state index contributed by atoms with van der Waals surface area (Å²) in [6.45, 7) is 6.40. The fourth-order valence-corrected chi connectivity index (χ4v) is 3.14. The van der Waals surface area contributed by atoms with Gasteiger partial charge < -0.3 is 4.74 Å². The van der Waals surface area contributed by atoms with Gasteiger partial charge in [0.1, 0.15) is 11.4 Å². The van der Waals surface area contributed by atoms with E-state index in [0.29, 0.717) is 18.3 Å². The van der Waals surface area contributed by atoms with E-state index in [9.17, 15) is 4.79 Å². The highest BCUT2D eigenvalue weighted by molar-refractivity contribution is 5.89. The van der Waals surface area contributed by atoms with Gasteiger partial charge in [0.25, 0.3) is 0 Å². The lowest BCUT2D eigenvalue weighted by Gasteiger charge is -2.33. The van der Waals surface area contributed by atoms with E-state index in [1.807, 2.05) is 31.2 Å². The predicted octanol–water partition coefficient (Wildman–Crippen LogP) is 3.46. The minimum Gasteiger partial charge on any atom is -0.441 e. The average Bonchev–Trinajstić information content (AvgIpc) is 2.77. The summed E-state index contributed by atoms with van der Waals surface area (Å²) in [5, 5.41) is 0. The second-order valence-corrected chi connectivity index (χ2v) is 5.85. The van der Waals surface area contributed by atoms with Crippen LogP contribution in [0.25, 0.3) is 0 Å². The Morgan fingerprint density at radius 2 is 2.20 bits per heavy atom. The Hall–Kier alpha value is -1.84.